The number of rotatable bonds is 7. The molecule has 0 bridgehead atoms. The summed E-state index contributed by atoms with van der Waals surface area (Å²) in [7, 11) is 0. The summed E-state index contributed by atoms with van der Waals surface area (Å²) in [6.07, 6.45) is 7.57. The predicted molar refractivity (Wildman–Crippen MR) is 68.8 cm³/mol. The summed E-state index contributed by atoms with van der Waals surface area (Å²) in [5.74, 6) is 1.00. The van der Waals surface area contributed by atoms with E-state index in [0.717, 1.165) is 12.2 Å². The van der Waals surface area contributed by atoms with E-state index in [4.69, 9.17) is 4.74 Å². The van der Waals surface area contributed by atoms with E-state index in [1.54, 1.807) is 23.9 Å². The largest absolute Gasteiger partial charge is 0.440 e. The zero-order valence-electron chi connectivity index (χ0n) is 9.70. The Hall–Kier alpha value is -0.900. The van der Waals surface area contributed by atoms with Crippen molar-refractivity contribution in [3.63, 3.8) is 0 Å². The average molecular weight is 241 g/mol. The van der Waals surface area contributed by atoms with Gasteiger partial charge in [0.25, 0.3) is 0 Å². The molecule has 1 rings (SSSR count). The summed E-state index contributed by atoms with van der Waals surface area (Å²) in [6, 6.07) is 0.0587. The van der Waals surface area contributed by atoms with Gasteiger partial charge in [-0.25, -0.2) is 4.79 Å². The second-order valence-corrected chi connectivity index (χ2v) is 4.90. The van der Waals surface area contributed by atoms with Crippen molar-refractivity contribution < 1.29 is 9.53 Å². The third-order valence-electron chi connectivity index (χ3n) is 2.81. The van der Waals surface area contributed by atoms with E-state index in [1.807, 2.05) is 0 Å². The second-order valence-electron chi connectivity index (χ2n) is 3.92. The molecular formula is C12H19NO2S. The highest BCUT2D eigenvalue weighted by molar-refractivity contribution is 7.98. The van der Waals surface area contributed by atoms with E-state index in [9.17, 15) is 4.79 Å². The fraction of sp³-hybridized carbons (Fsp3) is 0.583. The first-order valence-corrected chi connectivity index (χ1v) is 6.78. The predicted octanol–water partition coefficient (Wildman–Crippen LogP) is 2.74. The van der Waals surface area contributed by atoms with Gasteiger partial charge in [-0.1, -0.05) is 12.2 Å². The van der Waals surface area contributed by atoms with Crippen molar-refractivity contribution in [2.75, 3.05) is 12.0 Å². The molecule has 3 nitrogen and oxygen atoms in total. The highest BCUT2D eigenvalue weighted by Crippen LogP contribution is 2.33. The maximum absolute atomic E-state index is 11.4. The Morgan fingerprint density at radius 1 is 1.50 bits per heavy atom. The van der Waals surface area contributed by atoms with Crippen LogP contribution in [-0.4, -0.2) is 29.7 Å². The first-order chi connectivity index (χ1) is 7.68. The molecule has 0 aliphatic carbocycles. The molecular weight excluding hydrogens is 222 g/mol. The Morgan fingerprint density at radius 2 is 2.12 bits per heavy atom. The highest BCUT2D eigenvalue weighted by Gasteiger charge is 2.46. The molecule has 1 saturated heterocycles. The normalized spacial score (nSPS) is 22.3. The van der Waals surface area contributed by atoms with E-state index in [1.165, 1.54) is 0 Å². The van der Waals surface area contributed by atoms with Gasteiger partial charge in [0.2, 0.25) is 0 Å². The average Bonchev–Trinajstić information content (AvgIpc) is 2.53. The number of cyclic esters (lactones) is 1. The Morgan fingerprint density at radius 3 is 2.62 bits per heavy atom. The summed E-state index contributed by atoms with van der Waals surface area (Å²) in [5, 5.41) is 2.88. The van der Waals surface area contributed by atoms with E-state index in [2.05, 4.69) is 24.7 Å². The third kappa shape index (κ3) is 2.82. The molecule has 1 N–H and O–H groups in total. The Balaban J connectivity index is 2.79. The molecule has 0 aromatic rings. The van der Waals surface area contributed by atoms with Gasteiger partial charge in [0, 0.05) is 12.8 Å². The zero-order valence-corrected chi connectivity index (χ0v) is 10.5. The molecule has 0 saturated carbocycles. The second kappa shape index (κ2) is 5.99. The molecule has 1 atom stereocenters. The molecule has 0 radical (unpaired) electrons. The van der Waals surface area contributed by atoms with Gasteiger partial charge in [0.05, 0.1) is 6.04 Å². The molecule has 1 heterocycles. The van der Waals surface area contributed by atoms with Crippen molar-refractivity contribution in [3.05, 3.63) is 25.3 Å². The number of thioether (sulfide) groups is 1. The van der Waals surface area contributed by atoms with Crippen LogP contribution in [0.4, 0.5) is 4.79 Å². The van der Waals surface area contributed by atoms with Crippen molar-refractivity contribution in [2.45, 2.75) is 30.9 Å². The molecule has 0 aromatic heterocycles. The van der Waals surface area contributed by atoms with Crippen LogP contribution >= 0.6 is 11.8 Å². The summed E-state index contributed by atoms with van der Waals surface area (Å²) < 4.78 is 5.44. The molecule has 1 fully saturated rings. The standard InChI is InChI=1S/C12H19NO2S/c1-4-7-12(8-5-2)10(6-9-16-3)13-11(14)15-12/h4-5,10H,1-2,6-9H2,3H3,(H,13,14). The maximum Gasteiger partial charge on any atom is 0.408 e. The fourth-order valence-corrected chi connectivity index (χ4v) is 2.54. The molecule has 1 amide bonds. The number of carbonyl (C=O) groups excluding carboxylic acids is 1. The van der Waals surface area contributed by atoms with Gasteiger partial charge in [0.1, 0.15) is 5.60 Å². The number of carbonyl (C=O) groups is 1. The molecule has 16 heavy (non-hydrogen) atoms. The van der Waals surface area contributed by atoms with Crippen molar-refractivity contribution in [1.29, 1.82) is 0 Å². The molecule has 1 aliphatic rings. The van der Waals surface area contributed by atoms with Gasteiger partial charge in [0.15, 0.2) is 0 Å². The summed E-state index contributed by atoms with van der Waals surface area (Å²) in [4.78, 5) is 11.4. The lowest BCUT2D eigenvalue weighted by molar-refractivity contribution is 0.0405. The van der Waals surface area contributed by atoms with Crippen LogP contribution in [0.25, 0.3) is 0 Å². The van der Waals surface area contributed by atoms with E-state index in [0.29, 0.717) is 12.8 Å². The maximum atomic E-state index is 11.4. The van der Waals surface area contributed by atoms with Crippen LogP contribution < -0.4 is 5.32 Å². The number of amides is 1. The first-order valence-electron chi connectivity index (χ1n) is 5.38. The van der Waals surface area contributed by atoms with Crippen LogP contribution in [0.3, 0.4) is 0 Å². The smallest absolute Gasteiger partial charge is 0.408 e. The molecule has 4 heteroatoms. The molecule has 1 aliphatic heterocycles. The molecule has 0 spiro atoms. The SMILES string of the molecule is C=CCC1(CC=C)OC(=O)NC1CCSC. The minimum Gasteiger partial charge on any atom is -0.440 e. The fourth-order valence-electron chi connectivity index (χ4n) is 2.07. The highest BCUT2D eigenvalue weighted by atomic mass is 32.2. The van der Waals surface area contributed by atoms with Gasteiger partial charge < -0.3 is 10.1 Å². The minimum absolute atomic E-state index is 0.0587. The number of hydrogen-bond acceptors (Lipinski definition) is 3. The Bertz CT molecular complexity index is 268. The zero-order chi connectivity index (χ0) is 12.0. The van der Waals surface area contributed by atoms with Crippen LogP contribution in [0.5, 0.6) is 0 Å². The molecule has 90 valence electrons. The van der Waals surface area contributed by atoms with Crippen molar-refractivity contribution in [1.82, 2.24) is 5.32 Å². The van der Waals surface area contributed by atoms with Crippen LogP contribution in [0, 0.1) is 0 Å². The Labute approximate surface area is 101 Å². The number of ether oxygens (including phenoxy) is 1. The number of hydrogen-bond donors (Lipinski definition) is 1. The molecule has 1 unspecified atom stereocenters. The number of nitrogens with one attached hydrogen (secondary N) is 1. The van der Waals surface area contributed by atoms with E-state index >= 15 is 0 Å². The van der Waals surface area contributed by atoms with E-state index in [-0.39, 0.29) is 12.1 Å². The monoisotopic (exact) mass is 241 g/mol. The van der Waals surface area contributed by atoms with Gasteiger partial charge in [-0.2, -0.15) is 11.8 Å². The topological polar surface area (TPSA) is 38.3 Å². The lowest BCUT2D eigenvalue weighted by atomic mass is 9.86. The van der Waals surface area contributed by atoms with Crippen LogP contribution in [0.2, 0.25) is 0 Å². The quantitative estimate of drug-likeness (QED) is 0.696. The summed E-state index contributed by atoms with van der Waals surface area (Å²) >= 11 is 1.77. The lowest BCUT2D eigenvalue weighted by Gasteiger charge is -2.30. The van der Waals surface area contributed by atoms with Crippen LogP contribution in [0.15, 0.2) is 25.3 Å². The third-order valence-corrected chi connectivity index (χ3v) is 3.46. The van der Waals surface area contributed by atoms with Gasteiger partial charge >= 0.3 is 6.09 Å². The minimum atomic E-state index is -0.476. The lowest BCUT2D eigenvalue weighted by Crippen LogP contribution is -2.43. The van der Waals surface area contributed by atoms with Gasteiger partial charge in [-0.15, -0.1) is 13.2 Å². The first kappa shape index (κ1) is 13.2. The summed E-state index contributed by atoms with van der Waals surface area (Å²) in [5.41, 5.74) is -0.476. The van der Waals surface area contributed by atoms with Crippen LogP contribution in [-0.2, 0) is 4.74 Å². The van der Waals surface area contributed by atoms with Crippen LogP contribution in [0.1, 0.15) is 19.3 Å². The summed E-state index contributed by atoms with van der Waals surface area (Å²) in [6.45, 7) is 7.47. The van der Waals surface area contributed by atoms with Crippen molar-refractivity contribution in [2.24, 2.45) is 0 Å². The van der Waals surface area contributed by atoms with Gasteiger partial charge in [-0.05, 0) is 18.4 Å². The molecule has 0 aromatic carbocycles. The van der Waals surface area contributed by atoms with E-state index < -0.39 is 5.60 Å². The Kier molecular flexibility index (Phi) is 4.93. The van der Waals surface area contributed by atoms with Crippen molar-refractivity contribution in [3.8, 4) is 0 Å². The van der Waals surface area contributed by atoms with Gasteiger partial charge in [-0.3, -0.25) is 0 Å². The number of alkyl carbamates (subject to hydrolysis) is 1. The van der Waals surface area contributed by atoms with Crippen molar-refractivity contribution >= 4 is 17.9 Å².